The summed E-state index contributed by atoms with van der Waals surface area (Å²) in [7, 11) is -3.83. The van der Waals surface area contributed by atoms with Gasteiger partial charge in [0.1, 0.15) is 5.75 Å². The van der Waals surface area contributed by atoms with Crippen LogP contribution in [0.1, 0.15) is 16.6 Å². The molecule has 1 amide bonds. The smallest absolute Gasteiger partial charge is 0.241 e. The maximum atomic E-state index is 12.4. The summed E-state index contributed by atoms with van der Waals surface area (Å²) in [6, 6.07) is 14.6. The average Bonchev–Trinajstić information content (AvgIpc) is 3.06. The van der Waals surface area contributed by atoms with E-state index in [0.29, 0.717) is 15.6 Å². The van der Waals surface area contributed by atoms with Crippen LogP contribution in [-0.2, 0) is 14.6 Å². The Bertz CT molecular complexity index is 1120. The Hall–Kier alpha value is -2.55. The van der Waals surface area contributed by atoms with Crippen molar-refractivity contribution in [2.45, 2.75) is 11.8 Å². The molecule has 0 spiro atoms. The van der Waals surface area contributed by atoms with Gasteiger partial charge in [-0.1, -0.05) is 53.3 Å². The van der Waals surface area contributed by atoms with Crippen molar-refractivity contribution in [2.75, 3.05) is 11.1 Å². The minimum Gasteiger partial charge on any atom is -0.301 e. The molecule has 0 aliphatic rings. The quantitative estimate of drug-likeness (QED) is 0.590. The Balaban J connectivity index is 1.81. The molecule has 0 bridgehead atoms. The molecule has 28 heavy (non-hydrogen) atoms. The minimum atomic E-state index is -3.83. The van der Waals surface area contributed by atoms with Crippen LogP contribution in [0.25, 0.3) is 11.3 Å². The van der Waals surface area contributed by atoms with E-state index in [4.69, 9.17) is 11.6 Å². The van der Waals surface area contributed by atoms with Crippen molar-refractivity contribution in [3.05, 3.63) is 64.5 Å². The molecule has 2 aromatic carbocycles. The highest BCUT2D eigenvalue weighted by Gasteiger charge is 2.22. The van der Waals surface area contributed by atoms with Crippen molar-refractivity contribution < 1.29 is 18.0 Å². The summed E-state index contributed by atoms with van der Waals surface area (Å²) in [6.45, 7) is 1.41. The molecule has 6 nitrogen and oxygen atoms in total. The molecule has 0 aliphatic heterocycles. The Labute approximate surface area is 171 Å². The second kappa shape index (κ2) is 8.22. The fraction of sp³-hybridized carbons (Fsp3) is 0.105. The molecule has 0 saturated heterocycles. The highest BCUT2D eigenvalue weighted by Crippen LogP contribution is 2.31. The summed E-state index contributed by atoms with van der Waals surface area (Å²) in [6.07, 6.45) is 0. The molecule has 1 heterocycles. The van der Waals surface area contributed by atoms with Gasteiger partial charge in [0.25, 0.3) is 0 Å². The standard InChI is InChI=1S/C19H15ClN2O4S2/c1-12(23)18-17(13-5-3-2-4-6-13)22-19(27-18)21-16(24)11-28(25,26)15-9-7-14(20)8-10-15/h2-10H,11H2,1H3,(H,21,22,24). The number of benzene rings is 2. The van der Waals surface area contributed by atoms with Gasteiger partial charge in [-0.25, -0.2) is 13.4 Å². The molecular weight excluding hydrogens is 420 g/mol. The van der Waals surface area contributed by atoms with Gasteiger partial charge in [-0.15, -0.1) is 0 Å². The minimum absolute atomic E-state index is 0.000545. The van der Waals surface area contributed by atoms with E-state index in [1.807, 2.05) is 18.2 Å². The summed E-state index contributed by atoms with van der Waals surface area (Å²) >= 11 is 6.77. The molecule has 144 valence electrons. The van der Waals surface area contributed by atoms with Crippen LogP contribution in [0.5, 0.6) is 0 Å². The number of nitrogens with zero attached hydrogens (tertiary/aromatic N) is 1. The van der Waals surface area contributed by atoms with Crippen molar-refractivity contribution in [1.82, 2.24) is 4.98 Å². The maximum absolute atomic E-state index is 12.4. The van der Waals surface area contributed by atoms with Crippen LogP contribution >= 0.6 is 22.9 Å². The molecule has 3 rings (SSSR count). The first-order valence-electron chi connectivity index (χ1n) is 8.11. The first-order chi connectivity index (χ1) is 13.3. The number of ketones is 1. The van der Waals surface area contributed by atoms with Crippen LogP contribution in [0.15, 0.2) is 59.5 Å². The van der Waals surface area contributed by atoms with Crippen LogP contribution < -0.4 is 5.32 Å². The zero-order chi connectivity index (χ0) is 20.3. The monoisotopic (exact) mass is 434 g/mol. The van der Waals surface area contributed by atoms with Crippen molar-refractivity contribution in [1.29, 1.82) is 0 Å². The van der Waals surface area contributed by atoms with Gasteiger partial charge in [0.2, 0.25) is 5.91 Å². The van der Waals surface area contributed by atoms with Crippen LogP contribution in [-0.4, -0.2) is 30.8 Å². The molecule has 0 aliphatic carbocycles. The number of sulfone groups is 1. The predicted octanol–water partition coefficient (Wildman–Crippen LogP) is 4.08. The van der Waals surface area contributed by atoms with Gasteiger partial charge in [-0.05, 0) is 24.3 Å². The first-order valence-corrected chi connectivity index (χ1v) is 11.0. The van der Waals surface area contributed by atoms with E-state index in [1.54, 1.807) is 12.1 Å². The number of rotatable bonds is 6. The Morgan fingerprint density at radius 2 is 1.71 bits per heavy atom. The fourth-order valence-electron chi connectivity index (χ4n) is 2.46. The van der Waals surface area contributed by atoms with Gasteiger partial charge in [-0.3, -0.25) is 9.59 Å². The number of aromatic nitrogens is 1. The summed E-state index contributed by atoms with van der Waals surface area (Å²) in [5, 5.41) is 3.04. The second-order valence-electron chi connectivity index (χ2n) is 5.88. The number of hydrogen-bond donors (Lipinski definition) is 1. The molecule has 1 aromatic heterocycles. The normalized spacial score (nSPS) is 11.2. The number of carbonyl (C=O) groups is 2. The average molecular weight is 435 g/mol. The van der Waals surface area contributed by atoms with E-state index in [0.717, 1.165) is 16.9 Å². The largest absolute Gasteiger partial charge is 0.301 e. The number of Topliss-reactive ketones (excluding diaryl/α,β-unsaturated/α-hetero) is 1. The Kier molecular flexibility index (Phi) is 5.93. The number of hydrogen-bond acceptors (Lipinski definition) is 6. The fourth-order valence-corrected chi connectivity index (χ4v) is 4.62. The molecule has 0 radical (unpaired) electrons. The van der Waals surface area contributed by atoms with E-state index < -0.39 is 21.5 Å². The second-order valence-corrected chi connectivity index (χ2v) is 9.31. The van der Waals surface area contributed by atoms with E-state index in [1.165, 1.54) is 31.2 Å². The van der Waals surface area contributed by atoms with E-state index >= 15 is 0 Å². The zero-order valence-corrected chi connectivity index (χ0v) is 17.1. The topological polar surface area (TPSA) is 93.2 Å². The third kappa shape index (κ3) is 4.64. The molecule has 0 atom stereocenters. The highest BCUT2D eigenvalue weighted by molar-refractivity contribution is 7.92. The SMILES string of the molecule is CC(=O)c1sc(NC(=O)CS(=O)(=O)c2ccc(Cl)cc2)nc1-c1ccccc1. The highest BCUT2D eigenvalue weighted by atomic mass is 35.5. The number of nitrogens with one attached hydrogen (secondary N) is 1. The molecule has 0 saturated carbocycles. The lowest BCUT2D eigenvalue weighted by Gasteiger charge is -2.04. The molecule has 0 fully saturated rings. The lowest BCUT2D eigenvalue weighted by molar-refractivity contribution is -0.113. The van der Waals surface area contributed by atoms with Crippen LogP contribution in [0.3, 0.4) is 0 Å². The van der Waals surface area contributed by atoms with Crippen molar-refractivity contribution in [2.24, 2.45) is 0 Å². The van der Waals surface area contributed by atoms with Gasteiger partial charge in [0.05, 0.1) is 15.5 Å². The number of halogens is 1. The number of amides is 1. The molecule has 1 N–H and O–H groups in total. The van der Waals surface area contributed by atoms with Gasteiger partial charge in [0, 0.05) is 17.5 Å². The van der Waals surface area contributed by atoms with Gasteiger partial charge >= 0.3 is 0 Å². The third-order valence-corrected chi connectivity index (χ3v) is 6.69. The number of carbonyl (C=O) groups excluding carboxylic acids is 2. The van der Waals surface area contributed by atoms with Gasteiger partial charge in [0.15, 0.2) is 20.8 Å². The zero-order valence-electron chi connectivity index (χ0n) is 14.7. The molecule has 9 heteroatoms. The Morgan fingerprint density at radius 3 is 2.32 bits per heavy atom. The Morgan fingerprint density at radius 1 is 1.07 bits per heavy atom. The van der Waals surface area contributed by atoms with Crippen molar-refractivity contribution in [3.63, 3.8) is 0 Å². The third-order valence-electron chi connectivity index (χ3n) is 3.73. The van der Waals surface area contributed by atoms with Gasteiger partial charge < -0.3 is 5.32 Å². The molecule has 3 aromatic rings. The lowest BCUT2D eigenvalue weighted by Crippen LogP contribution is -2.22. The number of thiazole rings is 1. The van der Waals surface area contributed by atoms with Crippen molar-refractivity contribution in [3.8, 4) is 11.3 Å². The summed E-state index contributed by atoms with van der Waals surface area (Å²) in [4.78, 5) is 28.9. The number of anilines is 1. The van der Waals surface area contributed by atoms with Crippen LogP contribution in [0.4, 0.5) is 5.13 Å². The van der Waals surface area contributed by atoms with Gasteiger partial charge in [-0.2, -0.15) is 0 Å². The van der Waals surface area contributed by atoms with E-state index in [9.17, 15) is 18.0 Å². The predicted molar refractivity (Wildman–Crippen MR) is 110 cm³/mol. The molecule has 0 unspecified atom stereocenters. The maximum Gasteiger partial charge on any atom is 0.241 e. The summed E-state index contributed by atoms with van der Waals surface area (Å²) < 4.78 is 24.7. The van der Waals surface area contributed by atoms with E-state index in [2.05, 4.69) is 10.3 Å². The summed E-state index contributed by atoms with van der Waals surface area (Å²) in [5.74, 6) is -1.67. The summed E-state index contributed by atoms with van der Waals surface area (Å²) in [5.41, 5.74) is 1.19. The first kappa shape index (κ1) is 20.2. The molecular formula is C19H15ClN2O4S2. The lowest BCUT2D eigenvalue weighted by atomic mass is 10.1. The van der Waals surface area contributed by atoms with E-state index in [-0.39, 0.29) is 15.8 Å². The van der Waals surface area contributed by atoms with Crippen LogP contribution in [0, 0.1) is 0 Å². The van der Waals surface area contributed by atoms with Crippen LogP contribution in [0.2, 0.25) is 5.02 Å². The van der Waals surface area contributed by atoms with Crippen molar-refractivity contribution >= 4 is 49.6 Å².